The minimum atomic E-state index is -3.60. The zero-order chi connectivity index (χ0) is 19.7. The average Bonchev–Trinajstić information content (AvgIpc) is 3.10. The van der Waals surface area contributed by atoms with Crippen LogP contribution >= 0.6 is 0 Å². The van der Waals surface area contributed by atoms with Crippen LogP contribution in [-0.4, -0.2) is 59.2 Å². The molecule has 1 aliphatic heterocycles. The fourth-order valence-corrected chi connectivity index (χ4v) is 4.92. The molecule has 0 bridgehead atoms. The van der Waals surface area contributed by atoms with E-state index in [2.05, 4.69) is 16.1 Å². The summed E-state index contributed by atoms with van der Waals surface area (Å²) in [7, 11) is -3.60. The number of pyridine rings is 1. The summed E-state index contributed by atoms with van der Waals surface area (Å²) in [5.74, 6) is -0.144. The number of carbonyl (C=O) groups excluding carboxylic acids is 1. The highest BCUT2D eigenvalue weighted by Gasteiger charge is 2.29. The number of hydrogen-bond acceptors (Lipinski definition) is 5. The molecule has 0 spiro atoms. The lowest BCUT2D eigenvalue weighted by molar-refractivity contribution is 0.101. The van der Waals surface area contributed by atoms with Crippen molar-refractivity contribution >= 4 is 21.3 Å². The SMILES string of the molecule is CC(=O)c1cccc(S(=O)(=O)N2CCN(Cc3cc4ccccn4n3)CC2)c1. The summed E-state index contributed by atoms with van der Waals surface area (Å²) in [4.78, 5) is 13.9. The number of benzene rings is 1. The highest BCUT2D eigenvalue weighted by Crippen LogP contribution is 2.20. The number of hydrogen-bond donors (Lipinski definition) is 0. The molecule has 0 aliphatic carbocycles. The van der Waals surface area contributed by atoms with E-state index in [4.69, 9.17) is 0 Å². The van der Waals surface area contributed by atoms with Crippen LogP contribution in [0.25, 0.3) is 5.52 Å². The lowest BCUT2D eigenvalue weighted by Gasteiger charge is -2.33. The van der Waals surface area contributed by atoms with Crippen molar-refractivity contribution in [2.24, 2.45) is 0 Å². The van der Waals surface area contributed by atoms with Crippen molar-refractivity contribution in [3.8, 4) is 0 Å². The van der Waals surface area contributed by atoms with Crippen LogP contribution in [0, 0.1) is 0 Å². The third-order valence-corrected chi connectivity index (χ3v) is 6.91. The smallest absolute Gasteiger partial charge is 0.243 e. The molecule has 1 aromatic carbocycles. The van der Waals surface area contributed by atoms with E-state index in [1.807, 2.05) is 28.9 Å². The fourth-order valence-electron chi connectivity index (χ4n) is 3.45. The van der Waals surface area contributed by atoms with E-state index in [1.165, 1.54) is 17.3 Å². The van der Waals surface area contributed by atoms with Gasteiger partial charge in [-0.15, -0.1) is 0 Å². The number of aromatic nitrogens is 2. The highest BCUT2D eigenvalue weighted by molar-refractivity contribution is 7.89. The molecule has 0 unspecified atom stereocenters. The summed E-state index contributed by atoms with van der Waals surface area (Å²) in [6, 6.07) is 14.2. The van der Waals surface area contributed by atoms with Gasteiger partial charge in [0.05, 0.1) is 16.1 Å². The number of carbonyl (C=O) groups is 1. The number of ketones is 1. The molecule has 2 aromatic heterocycles. The van der Waals surface area contributed by atoms with E-state index in [0.717, 1.165) is 11.2 Å². The first-order valence-corrected chi connectivity index (χ1v) is 10.6. The Bertz CT molecular complexity index is 1080. The maximum absolute atomic E-state index is 12.9. The predicted molar refractivity (Wildman–Crippen MR) is 106 cm³/mol. The number of piperazine rings is 1. The Balaban J connectivity index is 1.43. The molecular formula is C20H22N4O3S. The van der Waals surface area contributed by atoms with Gasteiger partial charge in [-0.3, -0.25) is 9.69 Å². The normalized spacial score (nSPS) is 16.5. The van der Waals surface area contributed by atoms with Gasteiger partial charge in [0, 0.05) is 44.5 Å². The summed E-state index contributed by atoms with van der Waals surface area (Å²) in [5, 5.41) is 4.56. The van der Waals surface area contributed by atoms with Crippen molar-refractivity contribution in [2.45, 2.75) is 18.4 Å². The number of sulfonamides is 1. The standard InChI is InChI=1S/C20H22N4O3S/c1-16(25)17-5-4-7-20(13-17)28(26,27)23-11-9-22(10-12-23)15-18-14-19-6-2-3-8-24(19)21-18/h2-8,13-14H,9-12,15H2,1H3. The Kier molecular flexibility index (Phi) is 5.01. The predicted octanol–water partition coefficient (Wildman–Crippen LogP) is 2.04. The molecule has 0 saturated carbocycles. The molecule has 4 rings (SSSR count). The Morgan fingerprint density at radius 3 is 2.54 bits per heavy atom. The van der Waals surface area contributed by atoms with Crippen molar-refractivity contribution in [1.29, 1.82) is 0 Å². The molecule has 0 radical (unpaired) electrons. The van der Waals surface area contributed by atoms with Gasteiger partial charge in [-0.2, -0.15) is 9.40 Å². The maximum Gasteiger partial charge on any atom is 0.243 e. The minimum absolute atomic E-state index is 0.144. The van der Waals surface area contributed by atoms with Gasteiger partial charge >= 0.3 is 0 Å². The van der Waals surface area contributed by atoms with Gasteiger partial charge in [0.25, 0.3) is 0 Å². The first-order valence-electron chi connectivity index (χ1n) is 9.20. The van der Waals surface area contributed by atoms with Crippen molar-refractivity contribution < 1.29 is 13.2 Å². The molecule has 28 heavy (non-hydrogen) atoms. The molecule has 146 valence electrons. The Morgan fingerprint density at radius 2 is 1.82 bits per heavy atom. The van der Waals surface area contributed by atoms with Gasteiger partial charge in [-0.25, -0.2) is 12.9 Å². The van der Waals surface area contributed by atoms with Crippen LogP contribution in [0.1, 0.15) is 23.0 Å². The summed E-state index contributed by atoms with van der Waals surface area (Å²) in [5.41, 5.74) is 2.42. The second-order valence-corrected chi connectivity index (χ2v) is 8.91. The largest absolute Gasteiger partial charge is 0.295 e. The van der Waals surface area contributed by atoms with E-state index >= 15 is 0 Å². The summed E-state index contributed by atoms with van der Waals surface area (Å²) in [6.07, 6.45) is 1.92. The van der Waals surface area contributed by atoms with Crippen LogP contribution in [0.5, 0.6) is 0 Å². The molecule has 0 atom stereocenters. The van der Waals surface area contributed by atoms with Crippen LogP contribution in [0.4, 0.5) is 0 Å². The van der Waals surface area contributed by atoms with Crippen LogP contribution in [0.2, 0.25) is 0 Å². The van der Waals surface area contributed by atoms with E-state index in [1.54, 1.807) is 18.2 Å². The minimum Gasteiger partial charge on any atom is -0.295 e. The van der Waals surface area contributed by atoms with Gasteiger partial charge in [-0.05, 0) is 37.3 Å². The molecule has 8 heteroatoms. The Labute approximate surface area is 164 Å². The Hall–Kier alpha value is -2.55. The summed E-state index contributed by atoms with van der Waals surface area (Å²) < 4.78 is 29.2. The van der Waals surface area contributed by atoms with Gasteiger partial charge in [0.1, 0.15) is 0 Å². The third-order valence-electron chi connectivity index (χ3n) is 5.02. The quantitative estimate of drug-likeness (QED) is 0.615. The summed E-state index contributed by atoms with van der Waals surface area (Å²) in [6.45, 7) is 4.23. The third kappa shape index (κ3) is 3.71. The molecule has 1 aliphatic rings. The maximum atomic E-state index is 12.9. The molecule has 1 saturated heterocycles. The molecule has 0 amide bonds. The second-order valence-electron chi connectivity index (χ2n) is 6.97. The lowest BCUT2D eigenvalue weighted by Crippen LogP contribution is -2.48. The van der Waals surface area contributed by atoms with E-state index in [-0.39, 0.29) is 10.7 Å². The molecule has 7 nitrogen and oxygen atoms in total. The molecule has 3 heterocycles. The average molecular weight is 398 g/mol. The van der Waals surface area contributed by atoms with E-state index in [0.29, 0.717) is 38.3 Å². The molecule has 3 aromatic rings. The fraction of sp³-hybridized carbons (Fsp3) is 0.300. The first-order chi connectivity index (χ1) is 13.4. The first kappa shape index (κ1) is 18.8. The highest BCUT2D eigenvalue weighted by atomic mass is 32.2. The summed E-state index contributed by atoms with van der Waals surface area (Å²) >= 11 is 0. The number of fused-ring (bicyclic) bond motifs is 1. The zero-order valence-electron chi connectivity index (χ0n) is 15.7. The molecule has 1 fully saturated rings. The van der Waals surface area contributed by atoms with E-state index in [9.17, 15) is 13.2 Å². The topological polar surface area (TPSA) is 75.0 Å². The van der Waals surface area contributed by atoms with Crippen molar-refractivity contribution in [3.63, 3.8) is 0 Å². The molecule has 0 N–H and O–H groups in total. The number of nitrogens with zero attached hydrogens (tertiary/aromatic N) is 4. The second kappa shape index (κ2) is 7.46. The van der Waals surface area contributed by atoms with Crippen LogP contribution < -0.4 is 0 Å². The van der Waals surface area contributed by atoms with Gasteiger partial charge < -0.3 is 0 Å². The monoisotopic (exact) mass is 398 g/mol. The van der Waals surface area contributed by atoms with Crippen molar-refractivity contribution in [2.75, 3.05) is 26.2 Å². The van der Waals surface area contributed by atoms with Crippen molar-refractivity contribution in [3.05, 3.63) is 66.0 Å². The van der Waals surface area contributed by atoms with Gasteiger partial charge in [0.2, 0.25) is 10.0 Å². The van der Waals surface area contributed by atoms with Gasteiger partial charge in [0.15, 0.2) is 5.78 Å². The lowest BCUT2D eigenvalue weighted by atomic mass is 10.2. The van der Waals surface area contributed by atoms with Crippen LogP contribution in [-0.2, 0) is 16.6 Å². The molecular weight excluding hydrogens is 376 g/mol. The van der Waals surface area contributed by atoms with Crippen LogP contribution in [0.15, 0.2) is 59.6 Å². The zero-order valence-corrected chi connectivity index (χ0v) is 16.5. The van der Waals surface area contributed by atoms with E-state index < -0.39 is 10.0 Å². The number of Topliss-reactive ketones (excluding diaryl/α,β-unsaturated/α-hetero) is 1. The van der Waals surface area contributed by atoms with Crippen LogP contribution in [0.3, 0.4) is 0 Å². The van der Waals surface area contributed by atoms with Crippen molar-refractivity contribution in [1.82, 2.24) is 18.8 Å². The number of rotatable bonds is 5. The Morgan fingerprint density at radius 1 is 1.04 bits per heavy atom. The van der Waals surface area contributed by atoms with Gasteiger partial charge in [-0.1, -0.05) is 18.2 Å².